The number of amides is 1. The molecule has 0 saturated carbocycles. The van der Waals surface area contributed by atoms with E-state index >= 15 is 0 Å². The number of anilines is 1. The minimum atomic E-state index is -0.479. The predicted octanol–water partition coefficient (Wildman–Crippen LogP) is 3.80. The molecule has 0 unspecified atom stereocenters. The van der Waals surface area contributed by atoms with Crippen LogP contribution in [0, 0.1) is 0 Å². The Morgan fingerprint density at radius 1 is 1.09 bits per heavy atom. The molecule has 2 aromatic carbocycles. The number of hydrogen-bond acceptors (Lipinski definition) is 4. The van der Waals surface area contributed by atoms with Gasteiger partial charge < -0.3 is 14.8 Å². The average Bonchev–Trinajstić information content (AvgIpc) is 2.55. The van der Waals surface area contributed by atoms with Gasteiger partial charge in [-0.3, -0.25) is 4.79 Å². The summed E-state index contributed by atoms with van der Waals surface area (Å²) in [6.45, 7) is -0.208. The molecule has 5 nitrogen and oxygen atoms in total. The van der Waals surface area contributed by atoms with Crippen LogP contribution in [0.2, 0.25) is 10.0 Å². The molecule has 0 atom stereocenters. The summed E-state index contributed by atoms with van der Waals surface area (Å²) in [4.78, 5) is 23.3. The standard InChI is InChI=1S/C16H13Cl2NO4/c1-22-16(21)10-3-2-4-11(7-10)19-15(20)9-23-12-5-6-13(17)14(18)8-12/h2-8H,9H2,1H3,(H,19,20). The van der Waals surface area contributed by atoms with Gasteiger partial charge in [-0.2, -0.15) is 0 Å². The second-order valence-corrected chi connectivity index (χ2v) is 5.30. The Morgan fingerprint density at radius 2 is 1.87 bits per heavy atom. The first-order valence-corrected chi connectivity index (χ1v) is 7.31. The van der Waals surface area contributed by atoms with E-state index in [0.29, 0.717) is 27.0 Å². The van der Waals surface area contributed by atoms with Crippen molar-refractivity contribution >= 4 is 40.8 Å². The van der Waals surface area contributed by atoms with Gasteiger partial charge in [-0.15, -0.1) is 0 Å². The van der Waals surface area contributed by atoms with Crippen LogP contribution in [0.5, 0.6) is 5.75 Å². The molecule has 0 aliphatic heterocycles. The van der Waals surface area contributed by atoms with Crippen LogP contribution in [-0.2, 0) is 9.53 Å². The van der Waals surface area contributed by atoms with E-state index in [9.17, 15) is 9.59 Å². The number of carbonyl (C=O) groups is 2. The fraction of sp³-hybridized carbons (Fsp3) is 0.125. The number of ether oxygens (including phenoxy) is 2. The fourth-order valence-electron chi connectivity index (χ4n) is 1.75. The van der Waals surface area contributed by atoms with Gasteiger partial charge in [-0.25, -0.2) is 4.79 Å². The third-order valence-electron chi connectivity index (χ3n) is 2.83. The molecule has 7 heteroatoms. The second kappa shape index (κ2) is 7.85. The van der Waals surface area contributed by atoms with E-state index < -0.39 is 5.97 Å². The van der Waals surface area contributed by atoms with Gasteiger partial charge in [0.1, 0.15) is 5.75 Å². The number of halogens is 2. The number of esters is 1. The minimum absolute atomic E-state index is 0.208. The van der Waals surface area contributed by atoms with E-state index in [-0.39, 0.29) is 12.5 Å². The number of nitrogens with one attached hydrogen (secondary N) is 1. The second-order valence-electron chi connectivity index (χ2n) is 4.49. The number of hydrogen-bond donors (Lipinski definition) is 1. The molecule has 1 N–H and O–H groups in total. The van der Waals surface area contributed by atoms with Gasteiger partial charge in [0, 0.05) is 11.8 Å². The molecule has 2 aromatic rings. The summed E-state index contributed by atoms with van der Waals surface area (Å²) in [5, 5.41) is 3.38. The third kappa shape index (κ3) is 4.87. The lowest BCUT2D eigenvalue weighted by molar-refractivity contribution is -0.118. The van der Waals surface area contributed by atoms with E-state index in [0.717, 1.165) is 0 Å². The maximum atomic E-state index is 11.9. The summed E-state index contributed by atoms with van der Waals surface area (Å²) in [5.41, 5.74) is 0.811. The summed E-state index contributed by atoms with van der Waals surface area (Å²) in [7, 11) is 1.29. The third-order valence-corrected chi connectivity index (χ3v) is 3.57. The first-order chi connectivity index (χ1) is 11.0. The van der Waals surface area contributed by atoms with Crippen LogP contribution in [0.15, 0.2) is 42.5 Å². The van der Waals surface area contributed by atoms with Gasteiger partial charge in [0.25, 0.3) is 5.91 Å². The summed E-state index contributed by atoms with van der Waals surface area (Å²) < 4.78 is 9.95. The Balaban J connectivity index is 1.94. The molecule has 0 spiro atoms. The van der Waals surface area contributed by atoms with E-state index in [2.05, 4.69) is 10.1 Å². The molecule has 0 aliphatic rings. The van der Waals surface area contributed by atoms with Crippen molar-refractivity contribution in [2.45, 2.75) is 0 Å². The van der Waals surface area contributed by atoms with Crippen LogP contribution in [0.25, 0.3) is 0 Å². The van der Waals surface area contributed by atoms with Crippen molar-refractivity contribution in [1.29, 1.82) is 0 Å². The lowest BCUT2D eigenvalue weighted by Gasteiger charge is -2.09. The Kier molecular flexibility index (Phi) is 5.84. The van der Waals surface area contributed by atoms with Gasteiger partial charge in [0.05, 0.1) is 22.7 Å². The van der Waals surface area contributed by atoms with E-state index in [1.54, 1.807) is 30.3 Å². The molecule has 0 radical (unpaired) electrons. The number of methoxy groups -OCH3 is 1. The molecule has 120 valence electrons. The predicted molar refractivity (Wildman–Crippen MR) is 88.4 cm³/mol. The van der Waals surface area contributed by atoms with Gasteiger partial charge >= 0.3 is 5.97 Å². The summed E-state index contributed by atoms with van der Waals surface area (Å²) in [6, 6.07) is 11.1. The lowest BCUT2D eigenvalue weighted by Crippen LogP contribution is -2.20. The summed E-state index contributed by atoms with van der Waals surface area (Å²) in [6.07, 6.45) is 0. The van der Waals surface area contributed by atoms with Crippen LogP contribution >= 0.6 is 23.2 Å². The highest BCUT2D eigenvalue weighted by Crippen LogP contribution is 2.26. The Bertz CT molecular complexity index is 734. The van der Waals surface area contributed by atoms with Crippen LogP contribution in [0.3, 0.4) is 0 Å². The number of carbonyl (C=O) groups excluding carboxylic acids is 2. The highest BCUT2D eigenvalue weighted by Gasteiger charge is 2.09. The summed E-state index contributed by atoms with van der Waals surface area (Å²) >= 11 is 11.7. The van der Waals surface area contributed by atoms with Crippen molar-refractivity contribution in [3.63, 3.8) is 0 Å². The molecule has 2 rings (SSSR count). The highest BCUT2D eigenvalue weighted by atomic mass is 35.5. The van der Waals surface area contributed by atoms with Crippen molar-refractivity contribution in [1.82, 2.24) is 0 Å². The highest BCUT2D eigenvalue weighted by molar-refractivity contribution is 6.42. The van der Waals surface area contributed by atoms with Gasteiger partial charge in [-0.1, -0.05) is 29.3 Å². The number of rotatable bonds is 5. The van der Waals surface area contributed by atoms with Crippen LogP contribution in [-0.4, -0.2) is 25.6 Å². The van der Waals surface area contributed by atoms with Crippen LogP contribution < -0.4 is 10.1 Å². The molecule has 0 fully saturated rings. The zero-order valence-electron chi connectivity index (χ0n) is 12.1. The van der Waals surface area contributed by atoms with Gasteiger partial charge in [0.15, 0.2) is 6.61 Å². The molecule has 0 aliphatic carbocycles. The Labute approximate surface area is 143 Å². The van der Waals surface area contributed by atoms with Crippen molar-refractivity contribution in [3.05, 3.63) is 58.1 Å². The first kappa shape index (κ1) is 17.1. The Hall–Kier alpha value is -2.24. The smallest absolute Gasteiger partial charge is 0.337 e. The zero-order chi connectivity index (χ0) is 16.8. The van der Waals surface area contributed by atoms with Crippen molar-refractivity contribution in [3.8, 4) is 5.75 Å². The molecule has 0 aromatic heterocycles. The van der Waals surface area contributed by atoms with E-state index in [4.69, 9.17) is 27.9 Å². The monoisotopic (exact) mass is 353 g/mol. The van der Waals surface area contributed by atoms with Gasteiger partial charge in [0.2, 0.25) is 0 Å². The minimum Gasteiger partial charge on any atom is -0.484 e. The lowest BCUT2D eigenvalue weighted by atomic mass is 10.2. The molecule has 0 heterocycles. The van der Waals surface area contributed by atoms with Crippen LogP contribution in [0.4, 0.5) is 5.69 Å². The maximum Gasteiger partial charge on any atom is 0.337 e. The average molecular weight is 354 g/mol. The first-order valence-electron chi connectivity index (χ1n) is 6.55. The fourth-order valence-corrected chi connectivity index (χ4v) is 2.04. The quantitative estimate of drug-likeness (QED) is 0.830. The van der Waals surface area contributed by atoms with Crippen LogP contribution in [0.1, 0.15) is 10.4 Å². The summed E-state index contributed by atoms with van der Waals surface area (Å²) in [5.74, 6) is -0.427. The molecule has 1 amide bonds. The molecular formula is C16H13Cl2NO4. The maximum absolute atomic E-state index is 11.9. The largest absolute Gasteiger partial charge is 0.484 e. The number of benzene rings is 2. The molecule has 0 saturated heterocycles. The SMILES string of the molecule is COC(=O)c1cccc(NC(=O)COc2ccc(Cl)c(Cl)c2)c1. The Morgan fingerprint density at radius 3 is 2.57 bits per heavy atom. The van der Waals surface area contributed by atoms with Gasteiger partial charge in [-0.05, 0) is 30.3 Å². The van der Waals surface area contributed by atoms with E-state index in [1.165, 1.54) is 19.2 Å². The van der Waals surface area contributed by atoms with E-state index in [1.807, 2.05) is 0 Å². The normalized spacial score (nSPS) is 10.0. The van der Waals surface area contributed by atoms with Crippen molar-refractivity contribution in [2.75, 3.05) is 19.0 Å². The molecular weight excluding hydrogens is 341 g/mol. The molecule has 0 bridgehead atoms. The molecule has 23 heavy (non-hydrogen) atoms. The van der Waals surface area contributed by atoms with Crippen molar-refractivity contribution < 1.29 is 19.1 Å². The zero-order valence-corrected chi connectivity index (χ0v) is 13.6. The topological polar surface area (TPSA) is 64.6 Å². The van der Waals surface area contributed by atoms with Crippen molar-refractivity contribution in [2.24, 2.45) is 0 Å².